The number of carbonyl (C=O) groups excluding carboxylic acids is 1. The third-order valence-corrected chi connectivity index (χ3v) is 5.85. The Hall–Kier alpha value is -5.75. The van der Waals surface area contributed by atoms with Crippen LogP contribution >= 0.6 is 23.2 Å². The number of halogens is 8. The van der Waals surface area contributed by atoms with E-state index in [-0.39, 0.29) is 22.3 Å². The van der Waals surface area contributed by atoms with Crippen molar-refractivity contribution in [2.24, 2.45) is 21.5 Å². The van der Waals surface area contributed by atoms with Gasteiger partial charge in [-0.25, -0.2) is 19.6 Å². The number of aromatic nitrogens is 2. The molecule has 0 aliphatic carbocycles. The Bertz CT molecular complexity index is 1820. The summed E-state index contributed by atoms with van der Waals surface area (Å²) in [5.41, 5.74) is 14.7. The Morgan fingerprint density at radius 1 is 0.694 bits per heavy atom. The van der Waals surface area contributed by atoms with Crippen molar-refractivity contribution in [1.29, 1.82) is 0 Å². The lowest BCUT2D eigenvalue weighted by Crippen LogP contribution is -2.21. The number of pyridine rings is 2. The van der Waals surface area contributed by atoms with Gasteiger partial charge in [-0.15, -0.1) is 0 Å². The molecule has 0 unspecified atom stereocenters. The van der Waals surface area contributed by atoms with Crippen molar-refractivity contribution >= 4 is 69.8 Å². The minimum Gasteiger partial charge on any atom is -0.475 e. The monoisotopic (exact) mass is 731 g/mol. The number of carbonyl (C=O) groups is 3. The maximum atomic E-state index is 12.8. The average Bonchev–Trinajstić information content (AvgIpc) is 3.03. The van der Waals surface area contributed by atoms with Crippen molar-refractivity contribution < 1.29 is 50.9 Å². The molecule has 1 amide bonds. The second-order valence-electron chi connectivity index (χ2n) is 8.81. The molecule has 7 N–H and O–H groups in total. The number of alkyl halides is 6. The maximum Gasteiger partial charge on any atom is 0.490 e. The number of carboxylic acid groups (broad SMARTS) is 2. The highest BCUT2D eigenvalue weighted by Crippen LogP contribution is 2.30. The van der Waals surface area contributed by atoms with Crippen LogP contribution in [0, 0.1) is 0 Å². The van der Waals surface area contributed by atoms with E-state index in [2.05, 4.69) is 25.3 Å². The largest absolute Gasteiger partial charge is 0.490 e. The number of carboxylic acids is 2. The van der Waals surface area contributed by atoms with Gasteiger partial charge in [-0.2, -0.15) is 26.3 Å². The van der Waals surface area contributed by atoms with Gasteiger partial charge < -0.3 is 27.0 Å². The number of rotatable bonds is 6. The molecule has 0 saturated heterocycles. The van der Waals surface area contributed by atoms with Crippen LogP contribution in [-0.4, -0.2) is 62.1 Å². The van der Waals surface area contributed by atoms with Crippen LogP contribution in [0.3, 0.4) is 0 Å². The predicted molar refractivity (Wildman–Crippen MR) is 167 cm³/mol. The molecule has 49 heavy (non-hydrogen) atoms. The highest BCUT2D eigenvalue weighted by molar-refractivity contribution is 6.35. The van der Waals surface area contributed by atoms with E-state index >= 15 is 0 Å². The summed E-state index contributed by atoms with van der Waals surface area (Å²) in [5, 5.41) is 17.5. The van der Waals surface area contributed by atoms with E-state index in [1.54, 1.807) is 73.1 Å². The van der Waals surface area contributed by atoms with Crippen LogP contribution in [0.2, 0.25) is 10.0 Å². The molecule has 2 aromatic carbocycles. The lowest BCUT2D eigenvalue weighted by molar-refractivity contribution is -0.193. The first-order valence-electron chi connectivity index (χ1n) is 12.8. The van der Waals surface area contributed by atoms with Gasteiger partial charge in [0, 0.05) is 18.1 Å². The second-order valence-corrected chi connectivity index (χ2v) is 9.63. The molecule has 0 atom stereocenters. The van der Waals surface area contributed by atoms with Crippen LogP contribution in [0.4, 0.5) is 43.4 Å². The lowest BCUT2D eigenvalue weighted by Gasteiger charge is -2.09. The first-order chi connectivity index (χ1) is 22.8. The van der Waals surface area contributed by atoms with Crippen LogP contribution in [0.25, 0.3) is 0 Å². The number of hydrogen-bond donors (Lipinski definition) is 5. The highest BCUT2D eigenvalue weighted by atomic mass is 35.5. The molecular weight excluding hydrogens is 711 g/mol. The number of amidine groups is 2. The fourth-order valence-electron chi connectivity index (χ4n) is 3.04. The summed E-state index contributed by atoms with van der Waals surface area (Å²) in [7, 11) is 0. The minimum atomic E-state index is -5.08. The van der Waals surface area contributed by atoms with Crippen LogP contribution in [0.5, 0.6) is 0 Å². The van der Waals surface area contributed by atoms with Crippen molar-refractivity contribution in [3.05, 3.63) is 112 Å². The number of nitrogens with two attached hydrogens (primary N) is 2. The van der Waals surface area contributed by atoms with E-state index in [0.717, 1.165) is 0 Å². The van der Waals surface area contributed by atoms with Gasteiger partial charge >= 0.3 is 24.3 Å². The Kier molecular flexibility index (Phi) is 14.0. The third-order valence-electron chi connectivity index (χ3n) is 5.23. The Balaban J connectivity index is 0.000000500. The quantitative estimate of drug-likeness (QED) is 0.0846. The van der Waals surface area contributed by atoms with Gasteiger partial charge in [0.2, 0.25) is 0 Å². The molecule has 0 radical (unpaired) electrons. The second kappa shape index (κ2) is 17.4. The van der Waals surface area contributed by atoms with Gasteiger partial charge in [-0.05, 0) is 60.7 Å². The summed E-state index contributed by atoms with van der Waals surface area (Å²) in [6.45, 7) is 0. The fraction of sp³-hybridized carbons (Fsp3) is 0.0690. The topological polar surface area (TPSA) is 206 Å². The van der Waals surface area contributed by atoms with E-state index in [9.17, 15) is 31.1 Å². The minimum absolute atomic E-state index is 0.216. The van der Waals surface area contributed by atoms with E-state index in [1.807, 2.05) is 12.1 Å². The number of nitrogens with zero attached hydrogens (tertiary/aromatic N) is 4. The lowest BCUT2D eigenvalue weighted by atomic mass is 10.2. The molecule has 0 bridgehead atoms. The molecule has 0 saturated carbocycles. The van der Waals surface area contributed by atoms with E-state index in [4.69, 9.17) is 54.5 Å². The Morgan fingerprint density at radius 2 is 1.18 bits per heavy atom. The van der Waals surface area contributed by atoms with Crippen LogP contribution in [0.15, 0.2) is 95.2 Å². The summed E-state index contributed by atoms with van der Waals surface area (Å²) in [6.07, 6.45) is -6.92. The standard InChI is InChI=1S/C25H19Cl2N7O.2C2HF3O2/c26-18-13-15(32-23(28)21-5-1-3-11-30-21)7-9-17(18)25(35)33-16-8-10-20(19(27)14-16)34-24(29)22-6-2-4-12-31-22;2*3-2(4,5)1(6)7/h1-14H,(H2,28,32)(H2,29,34)(H,33,35);2*(H,6,7). The van der Waals surface area contributed by atoms with Gasteiger partial charge in [0.1, 0.15) is 23.1 Å². The summed E-state index contributed by atoms with van der Waals surface area (Å²) in [6, 6.07) is 20.3. The van der Waals surface area contributed by atoms with Gasteiger partial charge in [0.15, 0.2) is 0 Å². The summed E-state index contributed by atoms with van der Waals surface area (Å²) >= 11 is 12.7. The number of benzene rings is 2. The van der Waals surface area contributed by atoms with Gasteiger partial charge in [-0.1, -0.05) is 35.3 Å². The molecule has 2 aromatic heterocycles. The first kappa shape index (κ1) is 39.4. The molecule has 258 valence electrons. The van der Waals surface area contributed by atoms with Crippen LogP contribution in [-0.2, 0) is 9.59 Å². The van der Waals surface area contributed by atoms with Gasteiger partial charge in [0.05, 0.1) is 27.0 Å². The summed E-state index contributed by atoms with van der Waals surface area (Å²) in [4.78, 5) is 47.5. The molecule has 0 aliphatic rings. The highest BCUT2D eigenvalue weighted by Gasteiger charge is 2.38. The number of aliphatic imine (C=N–C) groups is 2. The average molecular weight is 732 g/mol. The van der Waals surface area contributed by atoms with Crippen LogP contribution < -0.4 is 16.8 Å². The molecule has 4 rings (SSSR count). The van der Waals surface area contributed by atoms with Crippen molar-refractivity contribution in [3.8, 4) is 0 Å². The fourth-order valence-corrected chi connectivity index (χ4v) is 3.53. The zero-order valence-corrected chi connectivity index (χ0v) is 25.7. The SMILES string of the molecule is NC(=Nc1ccc(C(=O)Nc2ccc(N=C(N)c3ccccn3)c(Cl)c2)c(Cl)c1)c1ccccn1.O=C(O)C(F)(F)F.O=C(O)C(F)(F)F. The van der Waals surface area contributed by atoms with Crippen molar-refractivity contribution in [3.63, 3.8) is 0 Å². The zero-order valence-electron chi connectivity index (χ0n) is 24.2. The van der Waals surface area contributed by atoms with E-state index < -0.39 is 30.2 Å². The van der Waals surface area contributed by atoms with Crippen molar-refractivity contribution in [1.82, 2.24) is 9.97 Å². The van der Waals surface area contributed by atoms with E-state index in [0.29, 0.717) is 33.5 Å². The molecular formula is C29H21Cl2F6N7O5. The number of hydrogen-bond acceptors (Lipinski definition) is 7. The van der Waals surface area contributed by atoms with Gasteiger partial charge in [-0.3, -0.25) is 14.8 Å². The Morgan fingerprint density at radius 3 is 1.59 bits per heavy atom. The van der Waals surface area contributed by atoms with E-state index in [1.165, 1.54) is 0 Å². The number of amides is 1. The predicted octanol–water partition coefficient (Wildman–Crippen LogP) is 6.38. The van der Waals surface area contributed by atoms with Crippen molar-refractivity contribution in [2.75, 3.05) is 5.32 Å². The third kappa shape index (κ3) is 13.1. The van der Waals surface area contributed by atoms with Crippen LogP contribution in [0.1, 0.15) is 21.7 Å². The number of aliphatic carboxylic acids is 2. The maximum absolute atomic E-state index is 12.8. The molecule has 4 aromatic rings. The molecule has 0 aliphatic heterocycles. The first-order valence-corrected chi connectivity index (χ1v) is 13.6. The summed E-state index contributed by atoms with van der Waals surface area (Å²) < 4.78 is 63.5. The number of anilines is 1. The normalized spacial score (nSPS) is 11.7. The zero-order chi connectivity index (χ0) is 36.9. The number of nitrogens with one attached hydrogen (secondary N) is 1. The molecule has 12 nitrogen and oxygen atoms in total. The molecule has 20 heteroatoms. The molecule has 0 spiro atoms. The Labute approximate surface area is 281 Å². The summed E-state index contributed by atoms with van der Waals surface area (Å²) in [5.74, 6) is -5.47. The smallest absolute Gasteiger partial charge is 0.475 e. The molecule has 0 fully saturated rings. The van der Waals surface area contributed by atoms with Crippen molar-refractivity contribution in [2.45, 2.75) is 12.4 Å². The molecule has 2 heterocycles. The van der Waals surface area contributed by atoms with Gasteiger partial charge in [0.25, 0.3) is 5.91 Å².